The van der Waals surface area contributed by atoms with Crippen molar-refractivity contribution >= 4 is 69.2 Å². The monoisotopic (exact) mass is 400 g/mol. The summed E-state index contributed by atoms with van der Waals surface area (Å²) in [5, 5.41) is 20.5. The van der Waals surface area contributed by atoms with Gasteiger partial charge in [-0.3, -0.25) is 9.59 Å². The number of hydrogen-bond acceptors (Lipinski definition) is 5. The van der Waals surface area contributed by atoms with Crippen LogP contribution in [0.3, 0.4) is 0 Å². The Morgan fingerprint density at radius 2 is 2.04 bits per heavy atom. The molecule has 0 aliphatic heterocycles. The van der Waals surface area contributed by atoms with E-state index in [4.69, 9.17) is 0 Å². The summed E-state index contributed by atoms with van der Waals surface area (Å²) in [6, 6.07) is 0. The maximum atomic E-state index is 12.3. The maximum absolute atomic E-state index is 12.3. The molecule has 0 aromatic heterocycles. The Labute approximate surface area is 202 Å². The molecule has 5 nitrogen and oxygen atoms in total. The molecule has 4 aliphatic rings. The molecule has 0 aromatic carbocycles. The molecule has 4 rings (SSSR count). The van der Waals surface area contributed by atoms with Gasteiger partial charge in [-0.2, -0.15) is 0 Å². The molecule has 0 saturated heterocycles. The van der Waals surface area contributed by atoms with E-state index < -0.39 is 24.0 Å². The summed E-state index contributed by atoms with van der Waals surface area (Å²) in [6.45, 7) is 1.63. The zero-order valence-corrected chi connectivity index (χ0v) is 15.3. The summed E-state index contributed by atoms with van der Waals surface area (Å²) >= 11 is 0. The summed E-state index contributed by atoms with van der Waals surface area (Å²) in [6.07, 6.45) is 6.75. The second kappa shape index (κ2) is 7.86. The Morgan fingerprint density at radius 3 is 2.70 bits per heavy atom. The van der Waals surface area contributed by atoms with Crippen molar-refractivity contribution in [1.82, 2.24) is 0 Å². The Bertz CT molecular complexity index is 688. The molecule has 27 heavy (non-hydrogen) atoms. The number of aliphatic hydroxyl groups excluding tert-OH is 2. The average molecular weight is 401 g/mol. The molecule has 0 radical (unpaired) electrons. The number of fused-ring (bicyclic) bond motifs is 5. The molecule has 0 bridgehead atoms. The number of aldehydes is 1. The first-order chi connectivity index (χ1) is 12.4. The normalized spacial score (nSPS) is 45.7. The van der Waals surface area contributed by atoms with Gasteiger partial charge in [-0.1, -0.05) is 12.5 Å². The molecule has 0 aromatic rings. The number of Topliss-reactive ketones (excluding diaryl/α,β-unsaturated/α-hetero) is 1. The molecular formula is C21H29KO5. The summed E-state index contributed by atoms with van der Waals surface area (Å²) < 4.78 is 0. The quantitative estimate of drug-likeness (QED) is 0.549. The third kappa shape index (κ3) is 3.14. The number of aliphatic hydroxyl groups is 2. The Morgan fingerprint density at radius 1 is 1.30 bits per heavy atom. The number of hydrogen-bond donors (Lipinski definition) is 2. The van der Waals surface area contributed by atoms with Crippen LogP contribution in [-0.4, -0.2) is 92.2 Å². The van der Waals surface area contributed by atoms with Crippen molar-refractivity contribution in [1.29, 1.82) is 0 Å². The van der Waals surface area contributed by atoms with E-state index in [9.17, 15) is 24.6 Å². The Kier molecular flexibility index (Phi) is 6.40. The molecule has 6 heteroatoms. The van der Waals surface area contributed by atoms with Crippen LogP contribution in [-0.2, 0) is 14.4 Å². The molecule has 4 aliphatic carbocycles. The van der Waals surface area contributed by atoms with Gasteiger partial charge in [-0.05, 0) is 67.8 Å². The zero-order chi connectivity index (χ0) is 18.7. The minimum atomic E-state index is -0.831. The SMILES string of the molecule is C[C@]12CCC(=O)C=C1CC[C@@H]1[C@@H]2[C@@H](O)C[C@]2(C=O)[C@@H](C(=O)CO)CC[C@@H]12.[KH]. The van der Waals surface area contributed by atoms with E-state index in [1.54, 1.807) is 6.08 Å². The molecule has 0 unspecified atom stereocenters. The molecule has 144 valence electrons. The minimum absolute atomic E-state index is 0. The van der Waals surface area contributed by atoms with Crippen LogP contribution in [0.25, 0.3) is 0 Å². The first-order valence-corrected chi connectivity index (χ1v) is 9.89. The second-order valence-electron chi connectivity index (χ2n) is 9.14. The Balaban J connectivity index is 0.00000210. The zero-order valence-electron chi connectivity index (χ0n) is 15.3. The number of carbonyl (C=O) groups excluding carboxylic acids is 3. The van der Waals surface area contributed by atoms with Crippen molar-refractivity contribution in [3.05, 3.63) is 11.6 Å². The molecule has 7 atom stereocenters. The summed E-state index contributed by atoms with van der Waals surface area (Å²) in [4.78, 5) is 36.4. The third-order valence-corrected chi connectivity index (χ3v) is 8.27. The van der Waals surface area contributed by atoms with Gasteiger partial charge >= 0.3 is 51.4 Å². The van der Waals surface area contributed by atoms with Crippen molar-refractivity contribution in [2.75, 3.05) is 6.61 Å². The van der Waals surface area contributed by atoms with Crippen LogP contribution in [0.15, 0.2) is 11.6 Å². The topological polar surface area (TPSA) is 91.7 Å². The molecule has 3 saturated carbocycles. The van der Waals surface area contributed by atoms with Crippen LogP contribution >= 0.6 is 0 Å². The van der Waals surface area contributed by atoms with Gasteiger partial charge in [0.15, 0.2) is 11.6 Å². The molecule has 3 fully saturated rings. The van der Waals surface area contributed by atoms with Crippen LogP contribution in [0.1, 0.15) is 51.9 Å². The van der Waals surface area contributed by atoms with Crippen molar-refractivity contribution in [2.45, 2.75) is 58.0 Å². The van der Waals surface area contributed by atoms with Gasteiger partial charge in [0.25, 0.3) is 0 Å². The molecule has 2 N–H and O–H groups in total. The van der Waals surface area contributed by atoms with Crippen molar-refractivity contribution < 1.29 is 24.6 Å². The van der Waals surface area contributed by atoms with Gasteiger partial charge in [0.2, 0.25) is 0 Å². The van der Waals surface area contributed by atoms with Gasteiger partial charge in [0.05, 0.1) is 6.10 Å². The van der Waals surface area contributed by atoms with E-state index in [-0.39, 0.29) is 86.1 Å². The molecule has 0 heterocycles. The second-order valence-corrected chi connectivity index (χ2v) is 9.14. The van der Waals surface area contributed by atoms with E-state index in [1.165, 1.54) is 0 Å². The number of ketones is 2. The van der Waals surface area contributed by atoms with Gasteiger partial charge < -0.3 is 15.0 Å². The molecule has 0 spiro atoms. The van der Waals surface area contributed by atoms with Gasteiger partial charge in [-0.15, -0.1) is 0 Å². The predicted octanol–water partition coefficient (Wildman–Crippen LogP) is 1.20. The standard InChI is InChI=1S/C21H28O5.K.H/c1-20-7-6-13(24)8-12(20)2-3-14-15-4-5-16(18(26)10-22)21(15,11-23)9-17(25)19(14)20;;/h8,11,14-17,19,22,25H,2-7,9-10H2,1H3;;/t14-,15-,16+,17-,19+,20-,21+;;/m0../s1. The first-order valence-electron chi connectivity index (χ1n) is 9.89. The third-order valence-electron chi connectivity index (χ3n) is 8.27. The van der Waals surface area contributed by atoms with Crippen molar-refractivity contribution in [2.24, 2.45) is 34.5 Å². The van der Waals surface area contributed by atoms with E-state index >= 15 is 0 Å². The van der Waals surface area contributed by atoms with E-state index in [0.717, 1.165) is 37.5 Å². The van der Waals surface area contributed by atoms with Crippen LogP contribution in [0.4, 0.5) is 0 Å². The number of allylic oxidation sites excluding steroid dienone is 1. The van der Waals surface area contributed by atoms with E-state index in [0.29, 0.717) is 19.3 Å². The fraction of sp³-hybridized carbons (Fsp3) is 0.762. The van der Waals surface area contributed by atoms with E-state index in [1.807, 2.05) is 0 Å². The number of carbonyl (C=O) groups is 3. The van der Waals surface area contributed by atoms with Crippen LogP contribution in [0.2, 0.25) is 0 Å². The van der Waals surface area contributed by atoms with Crippen molar-refractivity contribution in [3.8, 4) is 0 Å². The predicted molar refractivity (Wildman–Crippen MR) is 101 cm³/mol. The van der Waals surface area contributed by atoms with Crippen LogP contribution < -0.4 is 0 Å². The summed E-state index contributed by atoms with van der Waals surface area (Å²) in [5.74, 6) is -0.241. The van der Waals surface area contributed by atoms with E-state index in [2.05, 4.69) is 6.92 Å². The van der Waals surface area contributed by atoms with Crippen molar-refractivity contribution in [3.63, 3.8) is 0 Å². The fourth-order valence-electron chi connectivity index (χ4n) is 7.18. The summed E-state index contributed by atoms with van der Waals surface area (Å²) in [5.41, 5.74) is 0.140. The average Bonchev–Trinajstić information content (AvgIpc) is 3.00. The van der Waals surface area contributed by atoms with Gasteiger partial charge in [-0.25, -0.2) is 0 Å². The van der Waals surface area contributed by atoms with Crippen LogP contribution in [0.5, 0.6) is 0 Å². The summed E-state index contributed by atoms with van der Waals surface area (Å²) in [7, 11) is 0. The van der Waals surface area contributed by atoms with Gasteiger partial charge in [0.1, 0.15) is 12.9 Å². The van der Waals surface area contributed by atoms with Crippen LogP contribution in [0, 0.1) is 34.5 Å². The molecular weight excluding hydrogens is 371 g/mol. The molecule has 0 amide bonds. The van der Waals surface area contributed by atoms with Gasteiger partial charge in [0, 0.05) is 17.8 Å². The fourth-order valence-corrected chi connectivity index (χ4v) is 7.18. The number of rotatable bonds is 3. The Hall–Kier alpha value is 0.306. The first kappa shape index (κ1) is 22.0.